The lowest BCUT2D eigenvalue weighted by Gasteiger charge is -2.27. The number of rotatable bonds is 4. The quantitative estimate of drug-likeness (QED) is 0.897. The average molecular weight is 255 g/mol. The first-order valence-corrected chi connectivity index (χ1v) is 6.99. The van der Waals surface area contributed by atoms with Crippen LogP contribution in [0.3, 0.4) is 0 Å². The molecule has 1 aromatic heterocycles. The van der Waals surface area contributed by atoms with Crippen LogP contribution in [-0.4, -0.2) is 36.8 Å². The highest BCUT2D eigenvalue weighted by Gasteiger charge is 2.18. The van der Waals surface area contributed by atoms with Gasteiger partial charge in [0.15, 0.2) is 5.13 Å². The zero-order valence-corrected chi connectivity index (χ0v) is 11.6. The average Bonchev–Trinajstić information content (AvgIpc) is 2.78. The predicted molar refractivity (Wildman–Crippen MR) is 73.1 cm³/mol. The minimum atomic E-state index is 0.111. The summed E-state index contributed by atoms with van der Waals surface area (Å²) < 4.78 is 5.35. The summed E-state index contributed by atoms with van der Waals surface area (Å²) >= 11 is 1.73. The number of ether oxygens (including phenoxy) is 1. The van der Waals surface area contributed by atoms with E-state index in [1.165, 1.54) is 5.00 Å². The van der Waals surface area contributed by atoms with Crippen molar-refractivity contribution in [2.24, 2.45) is 0 Å². The van der Waals surface area contributed by atoms with Crippen LogP contribution in [0, 0.1) is 0 Å². The largest absolute Gasteiger partial charge is 0.378 e. The van der Waals surface area contributed by atoms with Gasteiger partial charge in [-0.2, -0.15) is 0 Å². The van der Waals surface area contributed by atoms with E-state index in [4.69, 9.17) is 4.74 Å². The zero-order chi connectivity index (χ0) is 12.3. The van der Waals surface area contributed by atoms with E-state index in [2.05, 4.69) is 36.0 Å². The minimum Gasteiger partial charge on any atom is -0.378 e. The molecule has 17 heavy (non-hydrogen) atoms. The van der Waals surface area contributed by atoms with E-state index in [-0.39, 0.29) is 5.54 Å². The Morgan fingerprint density at radius 2 is 2.18 bits per heavy atom. The minimum absolute atomic E-state index is 0.111. The van der Waals surface area contributed by atoms with E-state index < -0.39 is 0 Å². The van der Waals surface area contributed by atoms with Crippen LogP contribution in [0.4, 0.5) is 10.1 Å². The molecule has 1 aliphatic heterocycles. The Morgan fingerprint density at radius 1 is 1.47 bits per heavy atom. The highest BCUT2D eigenvalue weighted by molar-refractivity contribution is 7.19. The van der Waals surface area contributed by atoms with E-state index in [0.717, 1.165) is 37.9 Å². The lowest BCUT2D eigenvalue weighted by atomic mass is 10.0. The third-order valence-electron chi connectivity index (χ3n) is 3.15. The van der Waals surface area contributed by atoms with Gasteiger partial charge in [-0.05, 0) is 20.3 Å². The van der Waals surface area contributed by atoms with E-state index in [9.17, 15) is 0 Å². The van der Waals surface area contributed by atoms with E-state index >= 15 is 0 Å². The maximum absolute atomic E-state index is 5.35. The number of thiazole rings is 1. The molecule has 2 heterocycles. The fraction of sp³-hybridized carbons (Fsp3) is 0.750. The monoisotopic (exact) mass is 255 g/mol. The number of hydrogen-bond acceptors (Lipinski definition) is 5. The normalized spacial score (nSPS) is 17.2. The summed E-state index contributed by atoms with van der Waals surface area (Å²) in [5, 5.41) is 5.73. The van der Waals surface area contributed by atoms with Crippen LogP contribution in [0.15, 0.2) is 6.20 Å². The Hall–Kier alpha value is -0.810. The van der Waals surface area contributed by atoms with Gasteiger partial charge in [-0.3, -0.25) is 0 Å². The summed E-state index contributed by atoms with van der Waals surface area (Å²) in [5.74, 6) is 0. The van der Waals surface area contributed by atoms with Crippen LogP contribution < -0.4 is 10.2 Å². The molecular formula is C12H21N3OS. The second-order valence-electron chi connectivity index (χ2n) is 4.97. The number of hydrogen-bond donors (Lipinski definition) is 1. The number of nitrogens with zero attached hydrogens (tertiary/aromatic N) is 2. The van der Waals surface area contributed by atoms with Crippen LogP contribution >= 0.6 is 11.3 Å². The molecule has 4 nitrogen and oxygen atoms in total. The lowest BCUT2D eigenvalue weighted by molar-refractivity contribution is 0.123. The van der Waals surface area contributed by atoms with Crippen molar-refractivity contribution < 1.29 is 4.74 Å². The first-order chi connectivity index (χ1) is 8.11. The van der Waals surface area contributed by atoms with Crippen molar-refractivity contribution in [3.05, 3.63) is 6.20 Å². The smallest absolute Gasteiger partial charge is 0.185 e. The van der Waals surface area contributed by atoms with Crippen LogP contribution in [0.5, 0.6) is 0 Å². The van der Waals surface area contributed by atoms with Crippen LogP contribution in [0.2, 0.25) is 0 Å². The first-order valence-electron chi connectivity index (χ1n) is 6.17. The van der Waals surface area contributed by atoms with Crippen molar-refractivity contribution in [2.45, 2.75) is 32.7 Å². The molecule has 0 spiro atoms. The van der Waals surface area contributed by atoms with Crippen LogP contribution in [-0.2, 0) is 4.74 Å². The summed E-state index contributed by atoms with van der Waals surface area (Å²) in [5.41, 5.74) is 0.111. The molecule has 0 bridgehead atoms. The molecule has 0 aliphatic carbocycles. The standard InChI is InChI=1S/C12H21N3OS/c1-4-12(2,3)14-11-13-9-10(17-11)15-5-7-16-8-6-15/h9H,4-8H2,1-3H3,(H,13,14). The number of morpholine rings is 1. The maximum atomic E-state index is 5.35. The molecule has 0 amide bonds. The fourth-order valence-electron chi connectivity index (χ4n) is 1.63. The zero-order valence-electron chi connectivity index (χ0n) is 10.8. The molecule has 0 atom stereocenters. The van der Waals surface area contributed by atoms with Gasteiger partial charge in [0.2, 0.25) is 0 Å². The molecule has 1 N–H and O–H groups in total. The number of aromatic nitrogens is 1. The van der Waals surface area contributed by atoms with Gasteiger partial charge < -0.3 is 15.0 Å². The fourth-order valence-corrected chi connectivity index (χ4v) is 2.68. The van der Waals surface area contributed by atoms with Crippen LogP contribution in [0.1, 0.15) is 27.2 Å². The molecular weight excluding hydrogens is 234 g/mol. The number of anilines is 2. The molecule has 0 aromatic carbocycles. The van der Waals surface area contributed by atoms with Gasteiger partial charge in [-0.15, -0.1) is 0 Å². The van der Waals surface area contributed by atoms with Crippen molar-refractivity contribution in [2.75, 3.05) is 36.5 Å². The van der Waals surface area contributed by atoms with Crippen molar-refractivity contribution in [1.29, 1.82) is 0 Å². The van der Waals surface area contributed by atoms with Gasteiger partial charge in [0.05, 0.1) is 19.4 Å². The van der Waals surface area contributed by atoms with Crippen molar-refractivity contribution in [3.63, 3.8) is 0 Å². The topological polar surface area (TPSA) is 37.4 Å². The maximum Gasteiger partial charge on any atom is 0.185 e. The summed E-state index contributed by atoms with van der Waals surface area (Å²) in [6.45, 7) is 10.2. The summed E-state index contributed by atoms with van der Waals surface area (Å²) in [4.78, 5) is 6.79. The molecule has 1 aliphatic rings. The van der Waals surface area contributed by atoms with E-state index in [0.29, 0.717) is 0 Å². The Kier molecular flexibility index (Phi) is 3.89. The van der Waals surface area contributed by atoms with Crippen molar-refractivity contribution in [1.82, 2.24) is 4.98 Å². The van der Waals surface area contributed by atoms with Crippen molar-refractivity contribution in [3.8, 4) is 0 Å². The van der Waals surface area contributed by atoms with Gasteiger partial charge in [0, 0.05) is 18.6 Å². The van der Waals surface area contributed by atoms with Gasteiger partial charge >= 0.3 is 0 Å². The Morgan fingerprint density at radius 3 is 2.82 bits per heavy atom. The van der Waals surface area contributed by atoms with Gasteiger partial charge in [0.25, 0.3) is 0 Å². The molecule has 96 valence electrons. The molecule has 5 heteroatoms. The molecule has 1 fully saturated rings. The third-order valence-corrected chi connectivity index (χ3v) is 4.12. The highest BCUT2D eigenvalue weighted by atomic mass is 32.1. The van der Waals surface area contributed by atoms with Gasteiger partial charge in [-0.1, -0.05) is 18.3 Å². The van der Waals surface area contributed by atoms with Crippen molar-refractivity contribution >= 4 is 21.5 Å². The molecule has 2 rings (SSSR count). The third kappa shape index (κ3) is 3.33. The van der Waals surface area contributed by atoms with E-state index in [1.807, 2.05) is 6.20 Å². The second-order valence-corrected chi connectivity index (χ2v) is 5.97. The van der Waals surface area contributed by atoms with Crippen LogP contribution in [0.25, 0.3) is 0 Å². The SMILES string of the molecule is CCC(C)(C)Nc1ncc(N2CCOCC2)s1. The van der Waals surface area contributed by atoms with E-state index in [1.54, 1.807) is 11.3 Å². The number of nitrogens with one attached hydrogen (secondary N) is 1. The summed E-state index contributed by atoms with van der Waals surface area (Å²) in [7, 11) is 0. The lowest BCUT2D eigenvalue weighted by Crippen LogP contribution is -2.35. The molecule has 0 saturated carbocycles. The summed E-state index contributed by atoms with van der Waals surface area (Å²) in [6.07, 6.45) is 3.05. The molecule has 1 saturated heterocycles. The molecule has 0 radical (unpaired) electrons. The van der Waals surface area contributed by atoms with Gasteiger partial charge in [-0.25, -0.2) is 4.98 Å². The highest BCUT2D eigenvalue weighted by Crippen LogP contribution is 2.29. The van der Waals surface area contributed by atoms with Gasteiger partial charge in [0.1, 0.15) is 5.00 Å². The molecule has 1 aromatic rings. The molecule has 0 unspecified atom stereocenters. The Bertz CT molecular complexity index is 358. The second kappa shape index (κ2) is 5.23. The first kappa shape index (κ1) is 12.6. The Labute approximate surface area is 107 Å². The Balaban J connectivity index is 2.00. The summed E-state index contributed by atoms with van der Waals surface area (Å²) in [6, 6.07) is 0. The predicted octanol–water partition coefficient (Wildman–Crippen LogP) is 2.58.